The summed E-state index contributed by atoms with van der Waals surface area (Å²) in [4.78, 5) is 10.3. The van der Waals surface area contributed by atoms with Crippen molar-refractivity contribution in [2.24, 2.45) is 0 Å². The minimum absolute atomic E-state index is 0.105. The Morgan fingerprint density at radius 3 is 2.18 bits per heavy atom. The molecule has 0 radical (unpaired) electrons. The molecule has 2 N–H and O–H groups in total. The monoisotopic (exact) mass is 248 g/mol. The number of aliphatic hydroxyl groups is 2. The molecule has 0 aromatic heterocycles. The Hall–Kier alpha value is -0.610. The minimum Gasteiger partial charge on any atom is -0.466 e. The molecule has 0 aromatic carbocycles. The van der Waals surface area contributed by atoms with Crippen molar-refractivity contribution in [1.29, 1.82) is 0 Å². The highest BCUT2D eigenvalue weighted by atomic mass is 16.5. The lowest BCUT2D eigenvalue weighted by atomic mass is 10.0. The van der Waals surface area contributed by atoms with Crippen LogP contribution in [-0.4, -0.2) is 35.0 Å². The zero-order chi connectivity index (χ0) is 13.7. The Kier molecular flexibility index (Phi) is 13.1. The number of hydrogen-bond acceptors (Lipinski definition) is 4. The highest BCUT2D eigenvalue weighted by Crippen LogP contribution is 2.11. The van der Waals surface area contributed by atoms with Crippen molar-refractivity contribution in [2.45, 2.75) is 65.4 Å². The number of aliphatic hydroxyl groups excluding tert-OH is 1. The van der Waals surface area contributed by atoms with Crippen molar-refractivity contribution >= 4 is 5.97 Å². The lowest BCUT2D eigenvalue weighted by molar-refractivity contribution is -0.143. The van der Waals surface area contributed by atoms with Gasteiger partial charge in [0.15, 0.2) is 0 Å². The molecule has 0 rings (SSSR count). The highest BCUT2D eigenvalue weighted by molar-refractivity contribution is 5.68. The van der Waals surface area contributed by atoms with Gasteiger partial charge in [0.25, 0.3) is 0 Å². The molecular formula is C13H28O4. The lowest BCUT2D eigenvalue weighted by Gasteiger charge is -2.18. The van der Waals surface area contributed by atoms with Crippen LogP contribution < -0.4 is 0 Å². The van der Waals surface area contributed by atoms with E-state index >= 15 is 0 Å². The fraction of sp³-hybridized carbons (Fsp3) is 0.923. The van der Waals surface area contributed by atoms with Crippen molar-refractivity contribution in [3.8, 4) is 0 Å². The predicted octanol–water partition coefficient (Wildman–Crippen LogP) is 2.27. The van der Waals surface area contributed by atoms with Crippen molar-refractivity contribution < 1.29 is 19.7 Å². The maximum Gasteiger partial charge on any atom is 0.305 e. The topological polar surface area (TPSA) is 66.8 Å². The van der Waals surface area contributed by atoms with Crippen molar-refractivity contribution in [3.05, 3.63) is 0 Å². The molecule has 0 bridgehead atoms. The van der Waals surface area contributed by atoms with E-state index in [1.54, 1.807) is 13.8 Å². The number of unbranched alkanes of at least 4 members (excludes halogenated alkanes) is 1. The van der Waals surface area contributed by atoms with Crippen LogP contribution in [0.15, 0.2) is 0 Å². The summed E-state index contributed by atoms with van der Waals surface area (Å²) in [6.45, 7) is 7.91. The van der Waals surface area contributed by atoms with Gasteiger partial charge in [0.2, 0.25) is 0 Å². The number of hydrogen-bond donors (Lipinski definition) is 2. The molecule has 0 saturated heterocycles. The third-order valence-corrected chi connectivity index (χ3v) is 2.17. The summed E-state index contributed by atoms with van der Waals surface area (Å²) in [5.74, 6) is -0.105. The normalized spacial score (nSPS) is 13.3. The number of esters is 1. The van der Waals surface area contributed by atoms with Gasteiger partial charge < -0.3 is 14.9 Å². The van der Waals surface area contributed by atoms with Gasteiger partial charge in [-0.2, -0.15) is 0 Å². The first kappa shape index (κ1) is 18.7. The van der Waals surface area contributed by atoms with E-state index in [1.165, 1.54) is 0 Å². The van der Waals surface area contributed by atoms with E-state index in [9.17, 15) is 9.90 Å². The minimum atomic E-state index is -0.851. The standard InChI is InChI=1S/C7H16O2.C6H12O2/c1-3-4-5-7(2,9)6-8;1-3-5-8-6(7)4-2/h8-9H,3-6H2,1-2H3;3-5H2,1-2H3. The van der Waals surface area contributed by atoms with Gasteiger partial charge in [0, 0.05) is 6.42 Å². The number of rotatable bonds is 7. The van der Waals surface area contributed by atoms with Crippen molar-refractivity contribution in [3.63, 3.8) is 0 Å². The smallest absolute Gasteiger partial charge is 0.305 e. The SMILES string of the molecule is CCCCC(C)(O)CO.CCCOC(=O)CC. The van der Waals surface area contributed by atoms with Crippen LogP contribution in [0, 0.1) is 0 Å². The van der Waals surface area contributed by atoms with E-state index in [-0.39, 0.29) is 12.6 Å². The predicted molar refractivity (Wildman–Crippen MR) is 68.8 cm³/mol. The van der Waals surface area contributed by atoms with E-state index in [0.717, 1.165) is 19.3 Å². The van der Waals surface area contributed by atoms with Crippen LogP contribution in [0.4, 0.5) is 0 Å². The molecule has 0 saturated carbocycles. The summed E-state index contributed by atoms with van der Waals surface area (Å²) in [5, 5.41) is 17.8. The zero-order valence-electron chi connectivity index (χ0n) is 11.7. The second kappa shape index (κ2) is 11.9. The Labute approximate surface area is 105 Å². The van der Waals surface area contributed by atoms with Crippen LogP contribution in [0.5, 0.6) is 0 Å². The Bertz CT molecular complexity index is 178. The number of carbonyl (C=O) groups is 1. The van der Waals surface area contributed by atoms with Gasteiger partial charge in [-0.1, -0.05) is 33.6 Å². The number of carbonyl (C=O) groups excluding carboxylic acids is 1. The molecule has 0 aliphatic carbocycles. The Morgan fingerprint density at radius 1 is 1.24 bits per heavy atom. The van der Waals surface area contributed by atoms with Crippen LogP contribution in [0.1, 0.15) is 59.8 Å². The lowest BCUT2D eigenvalue weighted by Crippen LogP contribution is -2.28. The molecular weight excluding hydrogens is 220 g/mol. The third-order valence-electron chi connectivity index (χ3n) is 2.17. The van der Waals surface area contributed by atoms with E-state index in [0.29, 0.717) is 19.4 Å². The molecule has 0 heterocycles. The Morgan fingerprint density at radius 2 is 1.82 bits per heavy atom. The van der Waals surface area contributed by atoms with Gasteiger partial charge in [0.1, 0.15) is 0 Å². The van der Waals surface area contributed by atoms with E-state index in [1.807, 2.05) is 6.92 Å². The zero-order valence-corrected chi connectivity index (χ0v) is 11.7. The maximum absolute atomic E-state index is 10.3. The summed E-state index contributed by atoms with van der Waals surface area (Å²) < 4.78 is 4.70. The van der Waals surface area contributed by atoms with Crippen LogP contribution >= 0.6 is 0 Å². The van der Waals surface area contributed by atoms with Crippen LogP contribution in [-0.2, 0) is 9.53 Å². The van der Waals surface area contributed by atoms with E-state index in [4.69, 9.17) is 9.84 Å². The largest absolute Gasteiger partial charge is 0.466 e. The average Bonchev–Trinajstić information content (AvgIpc) is 2.34. The van der Waals surface area contributed by atoms with Gasteiger partial charge in [-0.3, -0.25) is 4.79 Å². The molecule has 0 aliphatic heterocycles. The molecule has 17 heavy (non-hydrogen) atoms. The average molecular weight is 248 g/mol. The van der Waals surface area contributed by atoms with Gasteiger partial charge in [-0.15, -0.1) is 0 Å². The van der Waals surface area contributed by atoms with Crippen molar-refractivity contribution in [1.82, 2.24) is 0 Å². The van der Waals surface area contributed by atoms with E-state index < -0.39 is 5.60 Å². The molecule has 0 aromatic rings. The summed E-state index contributed by atoms with van der Waals surface area (Å²) in [5.41, 5.74) is -0.851. The molecule has 4 nitrogen and oxygen atoms in total. The van der Waals surface area contributed by atoms with Crippen LogP contribution in [0.25, 0.3) is 0 Å². The second-order valence-electron chi connectivity index (χ2n) is 4.33. The fourth-order valence-corrected chi connectivity index (χ4v) is 0.955. The quantitative estimate of drug-likeness (QED) is 0.678. The fourth-order valence-electron chi connectivity index (χ4n) is 0.955. The summed E-state index contributed by atoms with van der Waals surface area (Å²) >= 11 is 0. The summed E-state index contributed by atoms with van der Waals surface area (Å²) in [7, 11) is 0. The second-order valence-corrected chi connectivity index (χ2v) is 4.33. The molecule has 1 atom stereocenters. The van der Waals surface area contributed by atoms with Gasteiger partial charge >= 0.3 is 5.97 Å². The van der Waals surface area contributed by atoms with Crippen molar-refractivity contribution in [2.75, 3.05) is 13.2 Å². The van der Waals surface area contributed by atoms with Gasteiger partial charge in [-0.05, 0) is 19.8 Å². The van der Waals surface area contributed by atoms with E-state index in [2.05, 4.69) is 6.92 Å². The summed E-state index contributed by atoms with van der Waals surface area (Å²) in [6, 6.07) is 0. The molecule has 4 heteroatoms. The molecule has 1 unspecified atom stereocenters. The highest BCUT2D eigenvalue weighted by Gasteiger charge is 2.16. The van der Waals surface area contributed by atoms with Crippen LogP contribution in [0.3, 0.4) is 0 Å². The molecule has 0 fully saturated rings. The first-order chi connectivity index (χ1) is 7.93. The van der Waals surface area contributed by atoms with Gasteiger partial charge in [-0.25, -0.2) is 0 Å². The van der Waals surface area contributed by atoms with Crippen LogP contribution in [0.2, 0.25) is 0 Å². The maximum atomic E-state index is 10.3. The molecule has 0 spiro atoms. The molecule has 0 amide bonds. The number of ether oxygens (including phenoxy) is 1. The van der Waals surface area contributed by atoms with Gasteiger partial charge in [0.05, 0.1) is 18.8 Å². The molecule has 0 aliphatic rings. The molecule has 104 valence electrons. The first-order valence-corrected chi connectivity index (χ1v) is 6.42. The summed E-state index contributed by atoms with van der Waals surface area (Å²) in [6.07, 6.45) is 4.13. The third kappa shape index (κ3) is 15.4. The Balaban J connectivity index is 0. The first-order valence-electron chi connectivity index (χ1n) is 6.42.